The highest BCUT2D eigenvalue weighted by Gasteiger charge is 1.86. The average Bonchev–Trinajstić information content (AvgIpc) is 2.41. The summed E-state index contributed by atoms with van der Waals surface area (Å²) in [6, 6.07) is 0. The molecule has 0 aliphatic heterocycles. The fourth-order valence-corrected chi connectivity index (χ4v) is 0.697. The van der Waals surface area contributed by atoms with E-state index in [2.05, 4.69) is 4.98 Å². The third-order valence-electron chi connectivity index (χ3n) is 1.02. The second-order valence-corrected chi connectivity index (χ2v) is 2.18. The molecule has 0 radical (unpaired) electrons. The summed E-state index contributed by atoms with van der Waals surface area (Å²) in [6.45, 7) is 1.12. The van der Waals surface area contributed by atoms with E-state index >= 15 is 0 Å². The number of halogens is 1. The quantitative estimate of drug-likeness (QED) is 0.487. The number of imidazole rings is 1. The van der Waals surface area contributed by atoms with Gasteiger partial charge in [0, 0.05) is 18.3 Å². The third kappa shape index (κ3) is 2.37. The van der Waals surface area contributed by atoms with Crippen molar-refractivity contribution in [1.29, 1.82) is 0 Å². The first-order valence-electron chi connectivity index (χ1n) is 3.03. The third-order valence-corrected chi connectivity index (χ3v) is 1.18. The summed E-state index contributed by atoms with van der Waals surface area (Å²) in [5, 5.41) is 0. The minimum Gasteiger partial charge on any atom is -0.360 e. The first-order valence-corrected chi connectivity index (χ1v) is 3.56. The molecule has 0 spiro atoms. The first-order chi connectivity index (χ1) is 4.93. The van der Waals surface area contributed by atoms with Crippen molar-refractivity contribution in [3.05, 3.63) is 18.7 Å². The average molecular weight is 161 g/mol. The van der Waals surface area contributed by atoms with Crippen molar-refractivity contribution >= 4 is 11.6 Å². The highest BCUT2D eigenvalue weighted by Crippen LogP contribution is 1.87. The van der Waals surface area contributed by atoms with Gasteiger partial charge in [-0.15, -0.1) is 11.6 Å². The van der Waals surface area contributed by atoms with E-state index in [9.17, 15) is 0 Å². The van der Waals surface area contributed by atoms with Crippen molar-refractivity contribution in [2.45, 2.75) is 6.73 Å². The Labute approximate surface area is 64.6 Å². The lowest BCUT2D eigenvalue weighted by molar-refractivity contribution is 0.0892. The number of rotatable bonds is 4. The van der Waals surface area contributed by atoms with Crippen molar-refractivity contribution in [3.63, 3.8) is 0 Å². The first kappa shape index (κ1) is 7.57. The van der Waals surface area contributed by atoms with Gasteiger partial charge in [-0.3, -0.25) is 0 Å². The van der Waals surface area contributed by atoms with Crippen LogP contribution in [0.25, 0.3) is 0 Å². The van der Waals surface area contributed by atoms with Crippen LogP contribution in [0.2, 0.25) is 0 Å². The van der Waals surface area contributed by atoms with Crippen molar-refractivity contribution in [1.82, 2.24) is 9.55 Å². The molecule has 0 aliphatic rings. The zero-order valence-electron chi connectivity index (χ0n) is 5.53. The number of ether oxygens (including phenoxy) is 1. The highest BCUT2D eigenvalue weighted by molar-refractivity contribution is 6.17. The monoisotopic (exact) mass is 160 g/mol. The summed E-state index contributed by atoms with van der Waals surface area (Å²) >= 11 is 5.39. The summed E-state index contributed by atoms with van der Waals surface area (Å²) in [5.41, 5.74) is 0. The predicted octanol–water partition coefficient (Wildman–Crippen LogP) is 1.10. The van der Waals surface area contributed by atoms with E-state index in [1.54, 1.807) is 12.5 Å². The van der Waals surface area contributed by atoms with E-state index in [0.717, 1.165) is 0 Å². The van der Waals surface area contributed by atoms with Gasteiger partial charge < -0.3 is 9.30 Å². The maximum Gasteiger partial charge on any atom is 0.123 e. The Morgan fingerprint density at radius 2 is 2.50 bits per heavy atom. The second kappa shape index (κ2) is 4.30. The van der Waals surface area contributed by atoms with Crippen molar-refractivity contribution in [2.75, 3.05) is 12.5 Å². The summed E-state index contributed by atoms with van der Waals surface area (Å²) in [5.74, 6) is 0.536. The molecule has 1 heterocycles. The summed E-state index contributed by atoms with van der Waals surface area (Å²) < 4.78 is 6.96. The number of aromatic nitrogens is 2. The molecule has 0 saturated heterocycles. The fraction of sp³-hybridized carbons (Fsp3) is 0.500. The molecule has 0 aliphatic carbocycles. The minimum absolute atomic E-state index is 0.534. The second-order valence-electron chi connectivity index (χ2n) is 1.80. The molecule has 1 aromatic rings. The largest absolute Gasteiger partial charge is 0.360 e. The minimum atomic E-state index is 0.534. The summed E-state index contributed by atoms with van der Waals surface area (Å²) in [7, 11) is 0. The lowest BCUT2D eigenvalue weighted by Crippen LogP contribution is -2.01. The number of alkyl halides is 1. The van der Waals surface area contributed by atoms with Crippen LogP contribution in [0.4, 0.5) is 0 Å². The molecular weight excluding hydrogens is 152 g/mol. The zero-order valence-corrected chi connectivity index (χ0v) is 6.29. The maximum atomic E-state index is 5.39. The molecule has 1 aromatic heterocycles. The molecule has 0 N–H and O–H groups in total. The van der Waals surface area contributed by atoms with Crippen molar-refractivity contribution in [3.8, 4) is 0 Å². The van der Waals surface area contributed by atoms with Gasteiger partial charge in [0.05, 0.1) is 12.9 Å². The standard InChI is InChI=1S/C6H9ClN2O/c7-1-4-10-6-9-3-2-8-5-9/h2-3,5H,1,4,6H2. The van der Waals surface area contributed by atoms with Crippen molar-refractivity contribution in [2.24, 2.45) is 0 Å². The van der Waals surface area contributed by atoms with Gasteiger partial charge in [0.2, 0.25) is 0 Å². The summed E-state index contributed by atoms with van der Waals surface area (Å²) in [4.78, 5) is 3.85. The molecule has 56 valence electrons. The molecule has 0 saturated carbocycles. The van der Waals surface area contributed by atoms with E-state index < -0.39 is 0 Å². The Morgan fingerprint density at radius 3 is 3.10 bits per heavy atom. The van der Waals surface area contributed by atoms with Crippen LogP contribution < -0.4 is 0 Å². The van der Waals surface area contributed by atoms with Crippen LogP contribution >= 0.6 is 11.6 Å². The molecule has 0 atom stereocenters. The van der Waals surface area contributed by atoms with Gasteiger partial charge in [-0.05, 0) is 0 Å². The smallest absolute Gasteiger partial charge is 0.123 e. The van der Waals surface area contributed by atoms with E-state index in [1.807, 2.05) is 10.8 Å². The maximum absolute atomic E-state index is 5.39. The molecule has 0 bridgehead atoms. The number of hydrogen-bond donors (Lipinski definition) is 0. The molecule has 0 unspecified atom stereocenters. The topological polar surface area (TPSA) is 27.1 Å². The van der Waals surface area contributed by atoms with Crippen LogP contribution in [0, 0.1) is 0 Å². The van der Waals surface area contributed by atoms with E-state index in [-0.39, 0.29) is 0 Å². The Kier molecular flexibility index (Phi) is 3.26. The van der Waals surface area contributed by atoms with Gasteiger partial charge in [-0.2, -0.15) is 0 Å². The molecule has 0 fully saturated rings. The van der Waals surface area contributed by atoms with Crippen LogP contribution in [-0.2, 0) is 11.5 Å². The lowest BCUT2D eigenvalue weighted by Gasteiger charge is -2.00. The lowest BCUT2D eigenvalue weighted by atomic mass is 10.8. The van der Waals surface area contributed by atoms with Crippen LogP contribution in [-0.4, -0.2) is 22.0 Å². The van der Waals surface area contributed by atoms with Crippen LogP contribution in [0.1, 0.15) is 0 Å². The van der Waals surface area contributed by atoms with E-state index in [4.69, 9.17) is 16.3 Å². The summed E-state index contributed by atoms with van der Waals surface area (Å²) in [6.07, 6.45) is 5.26. The predicted molar refractivity (Wildman–Crippen MR) is 38.9 cm³/mol. The molecular formula is C6H9ClN2O. The van der Waals surface area contributed by atoms with Crippen molar-refractivity contribution < 1.29 is 4.74 Å². The molecule has 0 amide bonds. The normalized spacial score (nSPS) is 10.1. The highest BCUT2D eigenvalue weighted by atomic mass is 35.5. The SMILES string of the molecule is ClCCOCn1ccnc1. The van der Waals surface area contributed by atoms with Gasteiger partial charge in [0.15, 0.2) is 0 Å². The molecule has 1 rings (SSSR count). The van der Waals surface area contributed by atoms with E-state index in [0.29, 0.717) is 19.2 Å². The van der Waals surface area contributed by atoms with Gasteiger partial charge in [0.1, 0.15) is 6.73 Å². The Hall–Kier alpha value is -0.540. The van der Waals surface area contributed by atoms with Gasteiger partial charge >= 0.3 is 0 Å². The van der Waals surface area contributed by atoms with Crippen LogP contribution in [0.3, 0.4) is 0 Å². The van der Waals surface area contributed by atoms with E-state index in [1.165, 1.54) is 0 Å². The Bertz CT molecular complexity index is 164. The zero-order chi connectivity index (χ0) is 7.23. The molecule has 3 nitrogen and oxygen atoms in total. The number of nitrogens with zero attached hydrogens (tertiary/aromatic N) is 2. The molecule has 0 aromatic carbocycles. The Morgan fingerprint density at radius 1 is 1.60 bits per heavy atom. The molecule has 10 heavy (non-hydrogen) atoms. The Balaban J connectivity index is 2.15. The van der Waals surface area contributed by atoms with Gasteiger partial charge in [-0.1, -0.05) is 0 Å². The number of hydrogen-bond acceptors (Lipinski definition) is 2. The van der Waals surface area contributed by atoms with Gasteiger partial charge in [-0.25, -0.2) is 4.98 Å². The van der Waals surface area contributed by atoms with Gasteiger partial charge in [0.25, 0.3) is 0 Å². The fourth-order valence-electron chi connectivity index (χ4n) is 0.588. The molecule has 4 heteroatoms. The van der Waals surface area contributed by atoms with Crippen LogP contribution in [0.15, 0.2) is 18.7 Å². The van der Waals surface area contributed by atoms with Crippen LogP contribution in [0.5, 0.6) is 0 Å².